The molecule has 0 aliphatic carbocycles. The predicted molar refractivity (Wildman–Crippen MR) is 81.8 cm³/mol. The van der Waals surface area contributed by atoms with Crippen molar-refractivity contribution in [3.05, 3.63) is 36.2 Å². The first-order valence-corrected chi connectivity index (χ1v) is 6.83. The van der Waals surface area contributed by atoms with Gasteiger partial charge in [-0.15, -0.1) is 0 Å². The zero-order chi connectivity index (χ0) is 15.4. The Morgan fingerprint density at radius 1 is 1.38 bits per heavy atom. The van der Waals surface area contributed by atoms with E-state index in [1.165, 1.54) is 4.90 Å². The summed E-state index contributed by atoms with van der Waals surface area (Å²) < 4.78 is 7.23. The highest BCUT2D eigenvalue weighted by Gasteiger charge is 2.12. The number of aromatic nitrogens is 2. The Kier molecular flexibility index (Phi) is 4.47. The number of carbonyl (C=O) groups is 1. The lowest BCUT2D eigenvalue weighted by Crippen LogP contribution is -2.22. The summed E-state index contributed by atoms with van der Waals surface area (Å²) in [4.78, 5) is 13.3. The van der Waals surface area contributed by atoms with Crippen molar-refractivity contribution in [3.8, 4) is 11.4 Å². The highest BCUT2D eigenvalue weighted by atomic mass is 16.5. The van der Waals surface area contributed by atoms with Gasteiger partial charge >= 0.3 is 0 Å². The van der Waals surface area contributed by atoms with Crippen LogP contribution in [0.1, 0.15) is 23.8 Å². The van der Waals surface area contributed by atoms with E-state index in [1.807, 2.05) is 19.1 Å². The van der Waals surface area contributed by atoms with Crippen LogP contribution in [0.2, 0.25) is 0 Å². The zero-order valence-corrected chi connectivity index (χ0v) is 12.5. The lowest BCUT2D eigenvalue weighted by Gasteiger charge is -2.10. The number of anilines is 1. The zero-order valence-electron chi connectivity index (χ0n) is 12.5. The second kappa shape index (κ2) is 6.30. The SMILES string of the molecule is CCCOc1cc(-n2ccc(C(=O)N(C)C)n2)ccc1N. The molecule has 0 fully saturated rings. The van der Waals surface area contributed by atoms with Crippen LogP contribution in [-0.4, -0.2) is 41.3 Å². The summed E-state index contributed by atoms with van der Waals surface area (Å²) in [7, 11) is 3.39. The fourth-order valence-electron chi connectivity index (χ4n) is 1.81. The molecule has 6 heteroatoms. The molecule has 2 rings (SSSR count). The lowest BCUT2D eigenvalue weighted by molar-refractivity contribution is 0.0821. The molecule has 0 atom stereocenters. The summed E-state index contributed by atoms with van der Waals surface area (Å²) in [5, 5.41) is 4.28. The average Bonchev–Trinajstić information content (AvgIpc) is 2.95. The lowest BCUT2D eigenvalue weighted by atomic mass is 10.2. The molecule has 112 valence electrons. The van der Waals surface area contributed by atoms with E-state index in [4.69, 9.17) is 10.5 Å². The summed E-state index contributed by atoms with van der Waals surface area (Å²) in [5.74, 6) is 0.497. The van der Waals surface area contributed by atoms with E-state index < -0.39 is 0 Å². The molecule has 0 bridgehead atoms. The van der Waals surface area contributed by atoms with Gasteiger partial charge < -0.3 is 15.4 Å². The van der Waals surface area contributed by atoms with Crippen molar-refractivity contribution in [2.45, 2.75) is 13.3 Å². The van der Waals surface area contributed by atoms with E-state index in [9.17, 15) is 4.79 Å². The van der Waals surface area contributed by atoms with Gasteiger partial charge in [-0.1, -0.05) is 6.92 Å². The van der Waals surface area contributed by atoms with E-state index in [1.54, 1.807) is 37.1 Å². The van der Waals surface area contributed by atoms with Gasteiger partial charge in [0.25, 0.3) is 5.91 Å². The second-order valence-corrected chi connectivity index (χ2v) is 4.92. The molecule has 0 unspecified atom stereocenters. The number of carbonyl (C=O) groups excluding carboxylic acids is 1. The Labute approximate surface area is 124 Å². The first-order chi connectivity index (χ1) is 10.0. The third kappa shape index (κ3) is 3.34. The van der Waals surface area contributed by atoms with Crippen LogP contribution in [0.15, 0.2) is 30.5 Å². The van der Waals surface area contributed by atoms with Gasteiger partial charge in [0, 0.05) is 26.4 Å². The Morgan fingerprint density at radius 3 is 2.81 bits per heavy atom. The Bertz CT molecular complexity index is 634. The quantitative estimate of drug-likeness (QED) is 0.853. The Balaban J connectivity index is 2.28. The third-order valence-corrected chi connectivity index (χ3v) is 2.94. The molecule has 1 amide bonds. The summed E-state index contributed by atoms with van der Waals surface area (Å²) >= 11 is 0. The molecule has 0 saturated heterocycles. The van der Waals surface area contributed by atoms with Gasteiger partial charge in [0.1, 0.15) is 5.75 Å². The number of nitrogen functional groups attached to an aromatic ring is 1. The summed E-state index contributed by atoms with van der Waals surface area (Å²) in [6.45, 7) is 2.64. The normalized spacial score (nSPS) is 10.4. The summed E-state index contributed by atoms with van der Waals surface area (Å²) in [6, 6.07) is 7.12. The Hall–Kier alpha value is -2.50. The fraction of sp³-hybridized carbons (Fsp3) is 0.333. The van der Waals surface area contributed by atoms with Crippen LogP contribution in [0.3, 0.4) is 0 Å². The monoisotopic (exact) mass is 288 g/mol. The molecule has 21 heavy (non-hydrogen) atoms. The number of hydrogen-bond donors (Lipinski definition) is 1. The highest BCUT2D eigenvalue weighted by molar-refractivity contribution is 5.91. The van der Waals surface area contributed by atoms with Gasteiger partial charge in [0.2, 0.25) is 0 Å². The van der Waals surface area contributed by atoms with E-state index in [2.05, 4.69) is 5.10 Å². The van der Waals surface area contributed by atoms with Crippen LogP contribution in [0.4, 0.5) is 5.69 Å². The van der Waals surface area contributed by atoms with Gasteiger partial charge in [0.15, 0.2) is 5.69 Å². The molecule has 0 radical (unpaired) electrons. The van der Waals surface area contributed by atoms with Crippen molar-refractivity contribution in [1.29, 1.82) is 0 Å². The summed E-state index contributed by atoms with van der Waals surface area (Å²) in [5.41, 5.74) is 7.67. The maximum Gasteiger partial charge on any atom is 0.273 e. The minimum atomic E-state index is -0.133. The van der Waals surface area contributed by atoms with Gasteiger partial charge in [-0.2, -0.15) is 5.10 Å². The maximum absolute atomic E-state index is 11.9. The largest absolute Gasteiger partial charge is 0.491 e. The maximum atomic E-state index is 11.9. The number of hydrogen-bond acceptors (Lipinski definition) is 4. The molecule has 0 aliphatic rings. The van der Waals surface area contributed by atoms with Crippen LogP contribution in [0, 0.1) is 0 Å². The van der Waals surface area contributed by atoms with Crippen molar-refractivity contribution in [2.24, 2.45) is 0 Å². The molecule has 0 spiro atoms. The molecule has 2 aromatic rings. The van der Waals surface area contributed by atoms with Crippen molar-refractivity contribution in [1.82, 2.24) is 14.7 Å². The molecule has 0 saturated carbocycles. The molecule has 2 N–H and O–H groups in total. The molecule has 1 aromatic carbocycles. The van der Waals surface area contributed by atoms with Gasteiger partial charge in [-0.25, -0.2) is 4.68 Å². The minimum Gasteiger partial charge on any atom is -0.491 e. The number of ether oxygens (including phenoxy) is 1. The second-order valence-electron chi connectivity index (χ2n) is 4.92. The molecule has 1 heterocycles. The number of amides is 1. The number of rotatable bonds is 5. The van der Waals surface area contributed by atoms with Gasteiger partial charge in [-0.3, -0.25) is 4.79 Å². The van der Waals surface area contributed by atoms with Crippen molar-refractivity contribution < 1.29 is 9.53 Å². The first-order valence-electron chi connectivity index (χ1n) is 6.83. The van der Waals surface area contributed by atoms with E-state index in [0.29, 0.717) is 23.7 Å². The Morgan fingerprint density at radius 2 is 2.14 bits per heavy atom. The number of nitrogens with two attached hydrogens (primary N) is 1. The standard InChI is InChI=1S/C15H20N4O2/c1-4-9-21-14-10-11(5-6-12(14)16)19-8-7-13(17-19)15(20)18(2)3/h5-8,10H,4,9,16H2,1-3H3. The first kappa shape index (κ1) is 14.9. The van der Waals surface area contributed by atoms with E-state index in [-0.39, 0.29) is 5.91 Å². The molecular formula is C15H20N4O2. The highest BCUT2D eigenvalue weighted by Crippen LogP contribution is 2.24. The van der Waals surface area contributed by atoms with Crippen molar-refractivity contribution >= 4 is 11.6 Å². The topological polar surface area (TPSA) is 73.4 Å². The molecule has 6 nitrogen and oxygen atoms in total. The number of nitrogens with zero attached hydrogens (tertiary/aromatic N) is 3. The van der Waals surface area contributed by atoms with Crippen molar-refractivity contribution in [2.75, 3.05) is 26.4 Å². The van der Waals surface area contributed by atoms with Crippen LogP contribution < -0.4 is 10.5 Å². The molecule has 1 aromatic heterocycles. The van der Waals surface area contributed by atoms with Crippen LogP contribution in [-0.2, 0) is 0 Å². The van der Waals surface area contributed by atoms with E-state index in [0.717, 1.165) is 12.1 Å². The summed E-state index contributed by atoms with van der Waals surface area (Å²) in [6.07, 6.45) is 2.65. The number of benzene rings is 1. The predicted octanol–water partition coefficient (Wildman–Crippen LogP) is 1.95. The van der Waals surface area contributed by atoms with Crippen LogP contribution in [0.5, 0.6) is 5.75 Å². The van der Waals surface area contributed by atoms with Crippen molar-refractivity contribution in [3.63, 3.8) is 0 Å². The molecular weight excluding hydrogens is 268 g/mol. The molecule has 0 aliphatic heterocycles. The average molecular weight is 288 g/mol. The van der Waals surface area contributed by atoms with Crippen LogP contribution >= 0.6 is 0 Å². The minimum absolute atomic E-state index is 0.133. The van der Waals surface area contributed by atoms with E-state index >= 15 is 0 Å². The fourth-order valence-corrected chi connectivity index (χ4v) is 1.81. The third-order valence-electron chi connectivity index (χ3n) is 2.94. The van der Waals surface area contributed by atoms with Gasteiger partial charge in [0.05, 0.1) is 18.0 Å². The van der Waals surface area contributed by atoms with Crippen LogP contribution in [0.25, 0.3) is 5.69 Å². The smallest absolute Gasteiger partial charge is 0.273 e. The van der Waals surface area contributed by atoms with Gasteiger partial charge in [-0.05, 0) is 24.6 Å².